The Morgan fingerprint density at radius 3 is 2.67 bits per heavy atom. The van der Waals surface area contributed by atoms with E-state index in [0.717, 1.165) is 19.6 Å². The predicted molar refractivity (Wildman–Crippen MR) is 57.5 cm³/mol. The Bertz CT molecular complexity index is 330. The van der Waals surface area contributed by atoms with Gasteiger partial charge in [0.2, 0.25) is 0 Å². The van der Waals surface area contributed by atoms with E-state index >= 15 is 0 Å². The van der Waals surface area contributed by atoms with Crippen LogP contribution in [-0.4, -0.2) is 67.8 Å². The minimum Gasteiger partial charge on any atom is -0.390 e. The van der Waals surface area contributed by atoms with Gasteiger partial charge in [0.15, 0.2) is 9.84 Å². The van der Waals surface area contributed by atoms with Gasteiger partial charge in [0.25, 0.3) is 0 Å². The highest BCUT2D eigenvalue weighted by atomic mass is 32.2. The van der Waals surface area contributed by atoms with Crippen LogP contribution in [-0.2, 0) is 9.84 Å². The van der Waals surface area contributed by atoms with E-state index in [1.807, 2.05) is 0 Å². The topological polar surface area (TPSA) is 69.6 Å². The molecule has 3 atom stereocenters. The minimum absolute atomic E-state index is 0.0751. The zero-order chi connectivity index (χ0) is 11.1. The van der Waals surface area contributed by atoms with Crippen molar-refractivity contribution in [2.75, 3.05) is 31.1 Å². The van der Waals surface area contributed by atoms with Gasteiger partial charge in [0.05, 0.1) is 23.7 Å². The Labute approximate surface area is 90.4 Å². The summed E-state index contributed by atoms with van der Waals surface area (Å²) in [7, 11) is -3.03. The summed E-state index contributed by atoms with van der Waals surface area (Å²) in [6.45, 7) is 4.61. The average molecular weight is 234 g/mol. The van der Waals surface area contributed by atoms with Crippen molar-refractivity contribution in [3.8, 4) is 0 Å². The molecule has 0 radical (unpaired) electrons. The highest BCUT2D eigenvalue weighted by Gasteiger charge is 2.41. The number of nitrogens with zero attached hydrogens (tertiary/aromatic N) is 1. The van der Waals surface area contributed by atoms with Crippen LogP contribution < -0.4 is 5.32 Å². The molecule has 2 aliphatic heterocycles. The molecule has 88 valence electrons. The Morgan fingerprint density at radius 2 is 2.13 bits per heavy atom. The van der Waals surface area contributed by atoms with Gasteiger partial charge in [-0.3, -0.25) is 4.90 Å². The van der Waals surface area contributed by atoms with Crippen molar-refractivity contribution in [3.05, 3.63) is 0 Å². The molecule has 2 heterocycles. The molecule has 0 aliphatic carbocycles. The molecule has 2 fully saturated rings. The Kier molecular flexibility index (Phi) is 3.03. The van der Waals surface area contributed by atoms with Gasteiger partial charge >= 0.3 is 0 Å². The zero-order valence-electron chi connectivity index (χ0n) is 8.89. The van der Waals surface area contributed by atoms with Gasteiger partial charge in [-0.2, -0.15) is 0 Å². The summed E-state index contributed by atoms with van der Waals surface area (Å²) in [5.74, 6) is 0.0345. The van der Waals surface area contributed by atoms with Gasteiger partial charge in [-0.1, -0.05) is 0 Å². The van der Waals surface area contributed by atoms with Gasteiger partial charge in [-0.15, -0.1) is 0 Å². The zero-order valence-corrected chi connectivity index (χ0v) is 9.70. The van der Waals surface area contributed by atoms with Crippen molar-refractivity contribution in [1.82, 2.24) is 10.2 Å². The summed E-state index contributed by atoms with van der Waals surface area (Å²) in [5.41, 5.74) is 0. The molecule has 0 saturated carbocycles. The van der Waals surface area contributed by atoms with E-state index in [2.05, 4.69) is 17.1 Å². The van der Waals surface area contributed by atoms with E-state index in [1.165, 1.54) is 0 Å². The van der Waals surface area contributed by atoms with Gasteiger partial charge in [-0.25, -0.2) is 8.42 Å². The Morgan fingerprint density at radius 1 is 1.40 bits per heavy atom. The summed E-state index contributed by atoms with van der Waals surface area (Å²) in [6.07, 6.45) is -0.712. The molecular formula is C9H18N2O3S. The van der Waals surface area contributed by atoms with E-state index in [9.17, 15) is 13.5 Å². The number of aliphatic hydroxyl groups excluding tert-OH is 1. The first kappa shape index (κ1) is 11.3. The fourth-order valence-electron chi connectivity index (χ4n) is 2.48. The monoisotopic (exact) mass is 234 g/mol. The number of aliphatic hydroxyl groups is 1. The van der Waals surface area contributed by atoms with Crippen molar-refractivity contribution >= 4 is 9.84 Å². The highest BCUT2D eigenvalue weighted by molar-refractivity contribution is 7.91. The first-order valence-corrected chi connectivity index (χ1v) is 7.17. The van der Waals surface area contributed by atoms with Crippen LogP contribution in [0.1, 0.15) is 6.92 Å². The first-order chi connectivity index (χ1) is 6.99. The molecule has 5 nitrogen and oxygen atoms in total. The maximum Gasteiger partial charge on any atom is 0.154 e. The van der Waals surface area contributed by atoms with Crippen LogP contribution in [0, 0.1) is 0 Å². The third-order valence-corrected chi connectivity index (χ3v) is 4.97. The number of nitrogens with one attached hydrogen (secondary N) is 1. The van der Waals surface area contributed by atoms with E-state index in [1.54, 1.807) is 0 Å². The number of sulfone groups is 1. The van der Waals surface area contributed by atoms with Crippen LogP contribution in [0.15, 0.2) is 0 Å². The maximum absolute atomic E-state index is 11.4. The van der Waals surface area contributed by atoms with E-state index in [4.69, 9.17) is 0 Å². The van der Waals surface area contributed by atoms with Gasteiger partial charge < -0.3 is 10.4 Å². The van der Waals surface area contributed by atoms with Gasteiger partial charge in [0, 0.05) is 25.7 Å². The lowest BCUT2D eigenvalue weighted by atomic mass is 10.1. The molecule has 2 saturated heterocycles. The van der Waals surface area contributed by atoms with Gasteiger partial charge in [-0.05, 0) is 6.92 Å². The van der Waals surface area contributed by atoms with Crippen LogP contribution in [0.25, 0.3) is 0 Å². The van der Waals surface area contributed by atoms with Crippen LogP contribution in [0.3, 0.4) is 0 Å². The second-order valence-corrected chi connectivity index (χ2v) is 6.66. The molecule has 0 bridgehead atoms. The fraction of sp³-hybridized carbons (Fsp3) is 1.00. The van der Waals surface area contributed by atoms with Crippen molar-refractivity contribution in [2.45, 2.75) is 25.1 Å². The maximum atomic E-state index is 11.4. The van der Waals surface area contributed by atoms with Crippen molar-refractivity contribution < 1.29 is 13.5 Å². The van der Waals surface area contributed by atoms with Gasteiger partial charge in [0.1, 0.15) is 0 Å². The van der Waals surface area contributed by atoms with Crippen molar-refractivity contribution in [1.29, 1.82) is 0 Å². The predicted octanol–water partition coefficient (Wildman–Crippen LogP) is -1.56. The third kappa shape index (κ3) is 2.33. The highest BCUT2D eigenvalue weighted by Crippen LogP contribution is 2.21. The fourth-order valence-corrected chi connectivity index (χ4v) is 4.29. The quantitative estimate of drug-likeness (QED) is 0.574. The lowest BCUT2D eigenvalue weighted by molar-refractivity contribution is 0.0469. The molecular weight excluding hydrogens is 216 g/mol. The summed E-state index contributed by atoms with van der Waals surface area (Å²) in [6, 6.07) is 0.0961. The second-order valence-electron chi connectivity index (χ2n) is 4.50. The molecule has 0 spiro atoms. The molecule has 2 aliphatic rings. The largest absolute Gasteiger partial charge is 0.390 e. The number of rotatable bonds is 1. The van der Waals surface area contributed by atoms with Crippen molar-refractivity contribution in [3.63, 3.8) is 0 Å². The molecule has 2 N–H and O–H groups in total. The Balaban J connectivity index is 2.10. The van der Waals surface area contributed by atoms with E-state index in [0.29, 0.717) is 6.04 Å². The number of hydrogen-bond donors (Lipinski definition) is 2. The van der Waals surface area contributed by atoms with Crippen LogP contribution >= 0.6 is 0 Å². The minimum atomic E-state index is -3.03. The third-order valence-electron chi connectivity index (χ3n) is 3.27. The molecule has 15 heavy (non-hydrogen) atoms. The molecule has 0 amide bonds. The number of hydrogen-bond acceptors (Lipinski definition) is 5. The summed E-state index contributed by atoms with van der Waals surface area (Å²) < 4.78 is 22.8. The smallest absolute Gasteiger partial charge is 0.154 e. The van der Waals surface area contributed by atoms with Crippen LogP contribution in [0.5, 0.6) is 0 Å². The molecule has 3 unspecified atom stereocenters. The molecule has 0 aromatic heterocycles. The summed E-state index contributed by atoms with van der Waals surface area (Å²) in [5, 5.41) is 13.0. The lowest BCUT2D eigenvalue weighted by Gasteiger charge is -2.39. The van der Waals surface area contributed by atoms with E-state index < -0.39 is 15.9 Å². The average Bonchev–Trinajstić information content (AvgIpc) is 2.40. The summed E-state index contributed by atoms with van der Waals surface area (Å²) >= 11 is 0. The molecule has 6 heteroatoms. The van der Waals surface area contributed by atoms with Crippen LogP contribution in [0.2, 0.25) is 0 Å². The first-order valence-electron chi connectivity index (χ1n) is 5.34. The number of piperazine rings is 1. The van der Waals surface area contributed by atoms with E-state index in [-0.39, 0.29) is 17.5 Å². The SMILES string of the molecule is CC1CNCCN1C1CS(=O)(=O)CC1O. The lowest BCUT2D eigenvalue weighted by Crippen LogP contribution is -2.56. The Hall–Kier alpha value is -0.170. The summed E-state index contributed by atoms with van der Waals surface area (Å²) in [4.78, 5) is 2.12. The molecule has 2 rings (SSSR count). The van der Waals surface area contributed by atoms with Crippen LogP contribution in [0.4, 0.5) is 0 Å². The standard InChI is InChI=1S/C9H18N2O3S/c1-7-4-10-2-3-11(7)8-5-15(13,14)6-9(8)12/h7-10,12H,2-6H2,1H3. The van der Waals surface area contributed by atoms with Crippen molar-refractivity contribution in [2.24, 2.45) is 0 Å². The second kappa shape index (κ2) is 4.01. The molecule has 0 aromatic carbocycles. The normalized spacial score (nSPS) is 41.9. The molecule has 0 aromatic rings.